The molecule has 3 heteroatoms. The molecule has 0 unspecified atom stereocenters. The van der Waals surface area contributed by atoms with Crippen molar-refractivity contribution in [2.75, 3.05) is 0 Å². The fourth-order valence-corrected chi connectivity index (χ4v) is 2.07. The molecule has 1 saturated carbocycles. The Hall–Kier alpha value is -1.38. The van der Waals surface area contributed by atoms with Crippen molar-refractivity contribution in [2.45, 2.75) is 39.0 Å². The van der Waals surface area contributed by atoms with Crippen LogP contribution in [0.3, 0.4) is 0 Å². The van der Waals surface area contributed by atoms with E-state index in [0.717, 1.165) is 31.8 Å². The van der Waals surface area contributed by atoms with Crippen LogP contribution in [0.5, 0.6) is 0 Å². The van der Waals surface area contributed by atoms with Crippen LogP contribution < -0.4 is 0 Å². The molecule has 0 N–H and O–H groups in total. The van der Waals surface area contributed by atoms with Gasteiger partial charge in [-0.15, -0.1) is 0 Å². The second kappa shape index (κ2) is 5.10. The highest BCUT2D eigenvalue weighted by atomic mass is 16.6. The van der Waals surface area contributed by atoms with Crippen LogP contribution in [0.2, 0.25) is 0 Å². The molecule has 1 fully saturated rings. The smallest absolute Gasteiger partial charge is 0.341 e. The number of carbonyl (C=O) groups excluding carboxylic acids is 2. The summed E-state index contributed by atoms with van der Waals surface area (Å²) in [6.07, 6.45) is 6.24. The second-order valence-electron chi connectivity index (χ2n) is 4.51. The quantitative estimate of drug-likeness (QED) is 0.419. The van der Waals surface area contributed by atoms with Gasteiger partial charge in [-0.1, -0.05) is 39.3 Å². The molecule has 1 aliphatic carbocycles. The fourth-order valence-electron chi connectivity index (χ4n) is 2.07. The summed E-state index contributed by atoms with van der Waals surface area (Å²) in [5.41, 5.74) is 0.193. The topological polar surface area (TPSA) is 43.4 Å². The lowest BCUT2D eigenvalue weighted by atomic mass is 9.71. The van der Waals surface area contributed by atoms with Gasteiger partial charge in [0.05, 0.1) is 0 Å². The third-order valence-corrected chi connectivity index (χ3v) is 3.29. The fraction of sp³-hybridized carbons (Fsp3) is 0.538. The van der Waals surface area contributed by atoms with Gasteiger partial charge in [-0.2, -0.15) is 0 Å². The molecular weight excluding hydrogens is 204 g/mol. The van der Waals surface area contributed by atoms with Crippen LogP contribution in [0, 0.1) is 5.41 Å². The van der Waals surface area contributed by atoms with Gasteiger partial charge in [0.25, 0.3) is 0 Å². The first-order valence-electron chi connectivity index (χ1n) is 5.57. The predicted octanol–water partition coefficient (Wildman–Crippen LogP) is 2.77. The summed E-state index contributed by atoms with van der Waals surface area (Å²) in [6.45, 7) is 9.03. The van der Waals surface area contributed by atoms with Gasteiger partial charge in [-0.25, -0.2) is 9.59 Å². The minimum atomic E-state index is -0.717. The van der Waals surface area contributed by atoms with Crippen LogP contribution in [0.1, 0.15) is 39.0 Å². The predicted molar refractivity (Wildman–Crippen MR) is 61.6 cm³/mol. The van der Waals surface area contributed by atoms with E-state index in [2.05, 4.69) is 17.9 Å². The van der Waals surface area contributed by atoms with Crippen LogP contribution in [-0.2, 0) is 14.3 Å². The van der Waals surface area contributed by atoms with Crippen LogP contribution in [0.25, 0.3) is 0 Å². The number of esters is 2. The summed E-state index contributed by atoms with van der Waals surface area (Å²) in [5, 5.41) is 0. The first-order chi connectivity index (χ1) is 7.49. The molecule has 0 amide bonds. The number of hydrogen-bond acceptors (Lipinski definition) is 3. The first kappa shape index (κ1) is 12.7. The SMILES string of the molecule is C=CC(=O)OC(=O)C(=C)C1(C)CCCCC1. The Balaban J connectivity index is 2.65. The van der Waals surface area contributed by atoms with E-state index < -0.39 is 11.9 Å². The zero-order valence-corrected chi connectivity index (χ0v) is 9.75. The van der Waals surface area contributed by atoms with Gasteiger partial charge in [-0.3, -0.25) is 0 Å². The highest BCUT2D eigenvalue weighted by molar-refractivity contribution is 5.99. The molecule has 3 nitrogen and oxygen atoms in total. The summed E-state index contributed by atoms with van der Waals surface area (Å²) in [5.74, 6) is -1.33. The van der Waals surface area contributed by atoms with E-state index in [9.17, 15) is 9.59 Å². The Morgan fingerprint density at radius 1 is 1.25 bits per heavy atom. The molecule has 0 aromatic heterocycles. The molecule has 0 bridgehead atoms. The minimum absolute atomic E-state index is 0.212. The van der Waals surface area contributed by atoms with Crippen molar-refractivity contribution in [1.29, 1.82) is 0 Å². The molecule has 1 aliphatic rings. The van der Waals surface area contributed by atoms with Gasteiger partial charge in [-0.05, 0) is 18.3 Å². The molecule has 1 rings (SSSR count). The molecule has 0 heterocycles. The maximum absolute atomic E-state index is 11.6. The largest absolute Gasteiger partial charge is 0.386 e. The van der Waals surface area contributed by atoms with Crippen molar-refractivity contribution >= 4 is 11.9 Å². The number of carbonyl (C=O) groups is 2. The molecular formula is C13H18O3. The van der Waals surface area contributed by atoms with Gasteiger partial charge in [0.1, 0.15) is 0 Å². The molecule has 88 valence electrons. The van der Waals surface area contributed by atoms with Gasteiger partial charge in [0.15, 0.2) is 0 Å². The zero-order valence-electron chi connectivity index (χ0n) is 9.75. The summed E-state index contributed by atoms with van der Waals surface area (Å²) >= 11 is 0. The number of rotatable bonds is 3. The molecule has 0 aromatic rings. The molecule has 0 aliphatic heterocycles. The average Bonchev–Trinajstić information content (AvgIpc) is 2.28. The Labute approximate surface area is 96.2 Å². The van der Waals surface area contributed by atoms with Crippen LogP contribution in [-0.4, -0.2) is 11.9 Å². The molecule has 0 atom stereocenters. The summed E-state index contributed by atoms with van der Waals surface area (Å²) < 4.78 is 4.58. The molecule has 0 saturated heterocycles. The standard InChI is InChI=1S/C13H18O3/c1-4-11(14)16-12(15)10(2)13(3)8-6-5-7-9-13/h4H,1-2,5-9H2,3H3. The van der Waals surface area contributed by atoms with Gasteiger partial charge in [0, 0.05) is 11.6 Å². The Bertz CT molecular complexity index is 322. The number of ether oxygens (including phenoxy) is 1. The third kappa shape index (κ3) is 2.81. The molecule has 0 aromatic carbocycles. The Kier molecular flexibility index (Phi) is 4.05. The lowest BCUT2D eigenvalue weighted by Crippen LogP contribution is -2.28. The summed E-state index contributed by atoms with van der Waals surface area (Å²) in [4.78, 5) is 22.5. The average molecular weight is 222 g/mol. The van der Waals surface area contributed by atoms with Crippen molar-refractivity contribution in [3.63, 3.8) is 0 Å². The molecule has 0 spiro atoms. The third-order valence-electron chi connectivity index (χ3n) is 3.29. The highest BCUT2D eigenvalue weighted by Crippen LogP contribution is 2.41. The van der Waals surface area contributed by atoms with E-state index in [1.165, 1.54) is 6.42 Å². The monoisotopic (exact) mass is 222 g/mol. The van der Waals surface area contributed by atoms with Crippen molar-refractivity contribution in [1.82, 2.24) is 0 Å². The number of hydrogen-bond donors (Lipinski definition) is 0. The van der Waals surface area contributed by atoms with Crippen molar-refractivity contribution in [3.05, 3.63) is 24.8 Å². The maximum atomic E-state index is 11.6. The van der Waals surface area contributed by atoms with Gasteiger partial charge >= 0.3 is 11.9 Å². The molecule has 0 radical (unpaired) electrons. The Morgan fingerprint density at radius 2 is 1.81 bits per heavy atom. The normalized spacial score (nSPS) is 18.6. The van der Waals surface area contributed by atoms with Crippen LogP contribution >= 0.6 is 0 Å². The lowest BCUT2D eigenvalue weighted by Gasteiger charge is -2.34. The van der Waals surface area contributed by atoms with Crippen LogP contribution in [0.15, 0.2) is 24.8 Å². The van der Waals surface area contributed by atoms with Crippen LogP contribution in [0.4, 0.5) is 0 Å². The first-order valence-corrected chi connectivity index (χ1v) is 5.57. The van der Waals surface area contributed by atoms with Crippen molar-refractivity contribution in [3.8, 4) is 0 Å². The van der Waals surface area contributed by atoms with Gasteiger partial charge in [0.2, 0.25) is 0 Å². The molecule has 16 heavy (non-hydrogen) atoms. The summed E-state index contributed by atoms with van der Waals surface area (Å²) in [6, 6.07) is 0. The van der Waals surface area contributed by atoms with E-state index >= 15 is 0 Å². The van der Waals surface area contributed by atoms with Crippen molar-refractivity contribution in [2.24, 2.45) is 5.41 Å². The van der Waals surface area contributed by atoms with E-state index in [1.807, 2.05) is 6.92 Å². The van der Waals surface area contributed by atoms with E-state index in [1.54, 1.807) is 0 Å². The minimum Gasteiger partial charge on any atom is -0.386 e. The summed E-state index contributed by atoms with van der Waals surface area (Å²) in [7, 11) is 0. The van der Waals surface area contributed by atoms with E-state index in [0.29, 0.717) is 5.57 Å². The highest BCUT2D eigenvalue weighted by Gasteiger charge is 2.34. The second-order valence-corrected chi connectivity index (χ2v) is 4.51. The van der Waals surface area contributed by atoms with Gasteiger partial charge < -0.3 is 4.74 Å². The Morgan fingerprint density at radius 3 is 2.31 bits per heavy atom. The van der Waals surface area contributed by atoms with E-state index in [-0.39, 0.29) is 5.41 Å². The zero-order chi connectivity index (χ0) is 12.2. The van der Waals surface area contributed by atoms with Crippen molar-refractivity contribution < 1.29 is 14.3 Å². The maximum Gasteiger partial charge on any atom is 0.341 e. The van der Waals surface area contributed by atoms with E-state index in [4.69, 9.17) is 0 Å². The lowest BCUT2D eigenvalue weighted by molar-refractivity contribution is -0.154.